The topological polar surface area (TPSA) is 67.4 Å². The number of rotatable bonds is 4. The maximum atomic E-state index is 12.1. The van der Waals surface area contributed by atoms with Crippen LogP contribution in [0.4, 0.5) is 5.69 Å². The molecule has 0 heterocycles. The highest BCUT2D eigenvalue weighted by Crippen LogP contribution is 2.40. The predicted molar refractivity (Wildman–Crippen MR) is 81.1 cm³/mol. The average Bonchev–Trinajstić information content (AvgIpc) is 3.17. The lowest BCUT2D eigenvalue weighted by atomic mass is 10.1. The highest BCUT2D eigenvalue weighted by molar-refractivity contribution is 5.99. The summed E-state index contributed by atoms with van der Waals surface area (Å²) in [4.78, 5) is 24.1. The van der Waals surface area contributed by atoms with Gasteiger partial charge in [-0.05, 0) is 39.3 Å². The third-order valence-electron chi connectivity index (χ3n) is 3.30. The van der Waals surface area contributed by atoms with Crippen molar-refractivity contribution in [3.05, 3.63) is 24.3 Å². The SMILES string of the molecule is COc1cccc(NC(=O)C2CC2C(=O)NC(C)(C)C)c1. The first-order valence-corrected chi connectivity index (χ1v) is 7.07. The molecule has 0 bridgehead atoms. The van der Waals surface area contributed by atoms with E-state index in [0.29, 0.717) is 17.9 Å². The van der Waals surface area contributed by atoms with Gasteiger partial charge in [0.2, 0.25) is 11.8 Å². The van der Waals surface area contributed by atoms with E-state index in [0.717, 1.165) is 0 Å². The maximum Gasteiger partial charge on any atom is 0.228 e. The second-order valence-corrected chi connectivity index (χ2v) is 6.41. The van der Waals surface area contributed by atoms with Crippen LogP contribution in [0.1, 0.15) is 27.2 Å². The largest absolute Gasteiger partial charge is 0.497 e. The van der Waals surface area contributed by atoms with E-state index < -0.39 is 0 Å². The Balaban J connectivity index is 1.90. The normalized spacial score (nSPS) is 20.6. The third kappa shape index (κ3) is 4.21. The van der Waals surface area contributed by atoms with Crippen molar-refractivity contribution in [1.82, 2.24) is 5.32 Å². The van der Waals surface area contributed by atoms with Crippen LogP contribution in [0.25, 0.3) is 0 Å². The quantitative estimate of drug-likeness (QED) is 0.893. The van der Waals surface area contributed by atoms with E-state index in [2.05, 4.69) is 10.6 Å². The van der Waals surface area contributed by atoms with Crippen LogP contribution >= 0.6 is 0 Å². The van der Waals surface area contributed by atoms with Crippen LogP contribution in [0.5, 0.6) is 5.75 Å². The minimum Gasteiger partial charge on any atom is -0.497 e. The number of methoxy groups -OCH3 is 1. The Hall–Kier alpha value is -2.04. The number of carbonyl (C=O) groups is 2. The van der Waals surface area contributed by atoms with Crippen molar-refractivity contribution in [3.8, 4) is 5.75 Å². The standard InChI is InChI=1S/C16H22N2O3/c1-16(2,3)18-15(20)13-9-12(13)14(19)17-10-6-5-7-11(8-10)21-4/h5-8,12-13H,9H2,1-4H3,(H,17,19)(H,18,20). The molecule has 5 heteroatoms. The molecule has 2 atom stereocenters. The second kappa shape index (κ2) is 5.76. The molecule has 1 saturated carbocycles. The first kappa shape index (κ1) is 15.4. The molecule has 1 aliphatic carbocycles. The van der Waals surface area contributed by atoms with Crippen molar-refractivity contribution < 1.29 is 14.3 Å². The number of ether oxygens (including phenoxy) is 1. The number of hydrogen-bond acceptors (Lipinski definition) is 3. The van der Waals surface area contributed by atoms with Crippen molar-refractivity contribution in [2.24, 2.45) is 11.8 Å². The van der Waals surface area contributed by atoms with Crippen molar-refractivity contribution in [2.45, 2.75) is 32.7 Å². The first-order chi connectivity index (χ1) is 9.80. The van der Waals surface area contributed by atoms with Crippen molar-refractivity contribution >= 4 is 17.5 Å². The Morgan fingerprint density at radius 3 is 2.48 bits per heavy atom. The molecular formula is C16H22N2O3. The van der Waals surface area contributed by atoms with Crippen LogP contribution in [-0.4, -0.2) is 24.5 Å². The number of anilines is 1. The van der Waals surface area contributed by atoms with Gasteiger partial charge in [-0.3, -0.25) is 9.59 Å². The molecule has 1 aromatic rings. The van der Waals surface area contributed by atoms with Crippen LogP contribution in [0, 0.1) is 11.8 Å². The highest BCUT2D eigenvalue weighted by Gasteiger charge is 2.48. The fraction of sp³-hybridized carbons (Fsp3) is 0.500. The van der Waals surface area contributed by atoms with E-state index in [1.54, 1.807) is 19.2 Å². The molecule has 5 nitrogen and oxygen atoms in total. The van der Waals surface area contributed by atoms with Crippen molar-refractivity contribution in [3.63, 3.8) is 0 Å². The van der Waals surface area contributed by atoms with Gasteiger partial charge in [0.25, 0.3) is 0 Å². The zero-order valence-corrected chi connectivity index (χ0v) is 12.9. The van der Waals surface area contributed by atoms with E-state index in [4.69, 9.17) is 4.74 Å². The second-order valence-electron chi connectivity index (χ2n) is 6.41. The highest BCUT2D eigenvalue weighted by atomic mass is 16.5. The molecule has 1 aromatic carbocycles. The fourth-order valence-corrected chi connectivity index (χ4v) is 2.17. The maximum absolute atomic E-state index is 12.1. The molecule has 0 saturated heterocycles. The number of hydrogen-bond donors (Lipinski definition) is 2. The Morgan fingerprint density at radius 2 is 1.86 bits per heavy atom. The third-order valence-corrected chi connectivity index (χ3v) is 3.30. The minimum absolute atomic E-state index is 0.0479. The first-order valence-electron chi connectivity index (χ1n) is 7.07. The Morgan fingerprint density at radius 1 is 1.19 bits per heavy atom. The van der Waals surface area contributed by atoms with Gasteiger partial charge in [-0.2, -0.15) is 0 Å². The summed E-state index contributed by atoms with van der Waals surface area (Å²) < 4.78 is 5.11. The smallest absolute Gasteiger partial charge is 0.228 e. The lowest BCUT2D eigenvalue weighted by Gasteiger charge is -2.20. The van der Waals surface area contributed by atoms with Gasteiger partial charge in [0, 0.05) is 17.3 Å². The number of carbonyl (C=O) groups excluding carboxylic acids is 2. The molecule has 0 aromatic heterocycles. The molecule has 114 valence electrons. The van der Waals surface area contributed by atoms with Crippen LogP contribution < -0.4 is 15.4 Å². The van der Waals surface area contributed by atoms with Crippen LogP contribution in [0.2, 0.25) is 0 Å². The lowest BCUT2D eigenvalue weighted by Crippen LogP contribution is -2.42. The zero-order chi connectivity index (χ0) is 15.6. The van der Waals surface area contributed by atoms with Gasteiger partial charge in [0.15, 0.2) is 0 Å². The van der Waals surface area contributed by atoms with Crippen molar-refractivity contribution in [1.29, 1.82) is 0 Å². The lowest BCUT2D eigenvalue weighted by molar-refractivity contribution is -0.126. The summed E-state index contributed by atoms with van der Waals surface area (Å²) in [5, 5.41) is 5.74. The van der Waals surface area contributed by atoms with E-state index in [1.807, 2.05) is 32.9 Å². The van der Waals surface area contributed by atoms with E-state index in [-0.39, 0.29) is 29.2 Å². The molecule has 2 amide bonds. The summed E-state index contributed by atoms with van der Waals surface area (Å²) in [6, 6.07) is 7.18. The Bertz CT molecular complexity index is 549. The monoisotopic (exact) mass is 290 g/mol. The number of benzene rings is 1. The van der Waals surface area contributed by atoms with Crippen LogP contribution in [-0.2, 0) is 9.59 Å². The molecular weight excluding hydrogens is 268 g/mol. The summed E-state index contributed by atoms with van der Waals surface area (Å²) in [7, 11) is 1.58. The molecule has 21 heavy (non-hydrogen) atoms. The molecule has 1 aliphatic rings. The molecule has 1 fully saturated rings. The van der Waals surface area contributed by atoms with Crippen LogP contribution in [0.15, 0.2) is 24.3 Å². The summed E-state index contributed by atoms with van der Waals surface area (Å²) in [6.07, 6.45) is 0.609. The van der Waals surface area contributed by atoms with E-state index in [9.17, 15) is 9.59 Å². The summed E-state index contributed by atoms with van der Waals surface area (Å²) in [5.74, 6) is 0.0737. The fourth-order valence-electron chi connectivity index (χ4n) is 2.17. The molecule has 2 unspecified atom stereocenters. The van der Waals surface area contributed by atoms with E-state index in [1.165, 1.54) is 0 Å². The Kier molecular flexibility index (Phi) is 4.21. The molecule has 0 radical (unpaired) electrons. The van der Waals surface area contributed by atoms with Gasteiger partial charge in [-0.25, -0.2) is 0 Å². The summed E-state index contributed by atoms with van der Waals surface area (Å²) in [5.41, 5.74) is 0.411. The number of nitrogens with one attached hydrogen (secondary N) is 2. The molecule has 0 aliphatic heterocycles. The van der Waals surface area contributed by atoms with Gasteiger partial charge >= 0.3 is 0 Å². The molecule has 2 N–H and O–H groups in total. The summed E-state index contributed by atoms with van der Waals surface area (Å²) >= 11 is 0. The van der Waals surface area contributed by atoms with Gasteiger partial charge < -0.3 is 15.4 Å². The van der Waals surface area contributed by atoms with Crippen LogP contribution in [0.3, 0.4) is 0 Å². The average molecular weight is 290 g/mol. The van der Waals surface area contributed by atoms with Gasteiger partial charge in [0.1, 0.15) is 5.75 Å². The minimum atomic E-state index is -0.270. The Labute approximate surface area is 125 Å². The zero-order valence-electron chi connectivity index (χ0n) is 12.9. The summed E-state index contributed by atoms with van der Waals surface area (Å²) in [6.45, 7) is 5.79. The predicted octanol–water partition coefficient (Wildman–Crippen LogP) is 2.18. The van der Waals surface area contributed by atoms with Gasteiger partial charge in [-0.15, -0.1) is 0 Å². The molecule has 2 rings (SSSR count). The van der Waals surface area contributed by atoms with Crippen molar-refractivity contribution in [2.75, 3.05) is 12.4 Å². The van der Waals surface area contributed by atoms with Gasteiger partial charge in [0.05, 0.1) is 18.9 Å². The number of amides is 2. The molecule has 0 spiro atoms. The van der Waals surface area contributed by atoms with E-state index >= 15 is 0 Å². The van der Waals surface area contributed by atoms with Gasteiger partial charge in [-0.1, -0.05) is 6.07 Å².